The number of hydrogen-bond donors (Lipinski definition) is 5. The van der Waals surface area contributed by atoms with Gasteiger partial charge in [-0.1, -0.05) is 12.1 Å². The summed E-state index contributed by atoms with van der Waals surface area (Å²) >= 11 is 0. The number of aryl methyl sites for hydroxylation is 1. The van der Waals surface area contributed by atoms with E-state index in [-0.39, 0.29) is 28.6 Å². The first kappa shape index (κ1) is 18.2. The Balaban J connectivity index is 2.11. The minimum absolute atomic E-state index is 0.0398. The molecule has 0 spiro atoms. The Morgan fingerprint density at radius 3 is 2.25 bits per heavy atom. The average Bonchev–Trinajstić information content (AvgIpc) is 2.52. The number of carbonyl (C=O) groups is 1. The van der Waals surface area contributed by atoms with Crippen LogP contribution in [0.3, 0.4) is 0 Å². The Hall–Kier alpha value is -2.18. The Morgan fingerprint density at radius 2 is 1.71 bits per heavy atom. The minimum atomic E-state index is -4.47. The number of hydrogen-bond acceptors (Lipinski definition) is 4. The highest BCUT2D eigenvalue weighted by molar-refractivity contribution is 7.60. The molecule has 128 valence electrons. The van der Waals surface area contributed by atoms with Crippen molar-refractivity contribution in [3.63, 3.8) is 0 Å². The number of phenolic OH excluding ortho intramolecular Hbond substituents is 1. The number of rotatable bonds is 6. The number of aromatic carboxylic acids is 1. The summed E-state index contributed by atoms with van der Waals surface area (Å²) in [5, 5.41) is 28.5. The lowest BCUT2D eigenvalue weighted by Gasteiger charge is -2.15. The zero-order valence-corrected chi connectivity index (χ0v) is 13.4. The van der Waals surface area contributed by atoms with Gasteiger partial charge < -0.3 is 25.1 Å². The van der Waals surface area contributed by atoms with Gasteiger partial charge >= 0.3 is 13.6 Å². The summed E-state index contributed by atoms with van der Waals surface area (Å²) in [5.41, 5.74) is 0.994. The van der Waals surface area contributed by atoms with Crippen LogP contribution >= 0.6 is 7.60 Å². The quantitative estimate of drug-likeness (QED) is 0.498. The molecular formula is C16H17O7P. The summed E-state index contributed by atoms with van der Waals surface area (Å²) in [5.74, 6) is -1.28. The molecule has 0 saturated carbocycles. The van der Waals surface area contributed by atoms with Gasteiger partial charge in [-0.3, -0.25) is 4.57 Å². The lowest BCUT2D eigenvalue weighted by Crippen LogP contribution is -2.08. The molecule has 0 aliphatic rings. The van der Waals surface area contributed by atoms with Crippen molar-refractivity contribution in [3.8, 4) is 5.75 Å². The van der Waals surface area contributed by atoms with Gasteiger partial charge in [-0.2, -0.15) is 0 Å². The summed E-state index contributed by atoms with van der Waals surface area (Å²) in [6.45, 7) is 0. The van der Waals surface area contributed by atoms with Crippen LogP contribution < -0.4 is 5.30 Å². The molecular weight excluding hydrogens is 335 g/mol. The van der Waals surface area contributed by atoms with Crippen LogP contribution in [0.15, 0.2) is 42.5 Å². The van der Waals surface area contributed by atoms with E-state index >= 15 is 0 Å². The Bertz CT molecular complexity index is 780. The molecule has 0 amide bonds. The fourth-order valence-corrected chi connectivity index (χ4v) is 2.84. The molecule has 0 aliphatic heterocycles. The van der Waals surface area contributed by atoms with Gasteiger partial charge in [-0.05, 0) is 48.7 Å². The Labute approximate surface area is 138 Å². The van der Waals surface area contributed by atoms with E-state index in [9.17, 15) is 19.6 Å². The van der Waals surface area contributed by atoms with E-state index in [0.717, 1.165) is 23.8 Å². The van der Waals surface area contributed by atoms with Gasteiger partial charge in [0, 0.05) is 5.56 Å². The van der Waals surface area contributed by atoms with Crippen LogP contribution in [-0.4, -0.2) is 31.1 Å². The molecule has 0 heterocycles. The topological polar surface area (TPSA) is 135 Å². The lowest BCUT2D eigenvalue weighted by atomic mass is 10.00. The second-order valence-corrected chi connectivity index (χ2v) is 6.95. The molecule has 1 atom stereocenters. The standard InChI is InChI=1S/C16H17O7P/c17-14(7-3-10-1-4-11(5-2-10)16(19)20)13-9-12(24(21,22)23)6-8-15(13)18/h1-2,4-6,8-9,14,17-18H,3,7H2,(H,19,20)(H2,21,22,23). The molecule has 2 aromatic carbocycles. The second kappa shape index (κ2) is 7.15. The smallest absolute Gasteiger partial charge is 0.356 e. The first-order valence-electron chi connectivity index (χ1n) is 7.08. The van der Waals surface area contributed by atoms with E-state index in [1.54, 1.807) is 12.1 Å². The first-order valence-corrected chi connectivity index (χ1v) is 8.69. The average molecular weight is 352 g/mol. The van der Waals surface area contributed by atoms with E-state index < -0.39 is 19.7 Å². The van der Waals surface area contributed by atoms with Crippen molar-refractivity contribution in [2.45, 2.75) is 18.9 Å². The van der Waals surface area contributed by atoms with E-state index in [0.29, 0.717) is 6.42 Å². The van der Waals surface area contributed by atoms with Gasteiger partial charge in [0.15, 0.2) is 0 Å². The molecule has 5 N–H and O–H groups in total. The molecule has 0 fully saturated rings. The Kier molecular flexibility index (Phi) is 5.41. The third-order valence-electron chi connectivity index (χ3n) is 3.61. The van der Waals surface area contributed by atoms with Gasteiger partial charge in [0.25, 0.3) is 0 Å². The molecule has 24 heavy (non-hydrogen) atoms. The van der Waals surface area contributed by atoms with Crippen molar-refractivity contribution in [2.75, 3.05) is 0 Å². The Morgan fingerprint density at radius 1 is 1.08 bits per heavy atom. The van der Waals surface area contributed by atoms with Crippen LogP contribution in [0, 0.1) is 0 Å². The maximum atomic E-state index is 11.3. The molecule has 2 rings (SSSR count). The fourth-order valence-electron chi connectivity index (χ4n) is 2.26. The largest absolute Gasteiger partial charge is 0.508 e. The van der Waals surface area contributed by atoms with Crippen molar-refractivity contribution in [2.24, 2.45) is 0 Å². The third-order valence-corrected chi connectivity index (χ3v) is 4.56. The van der Waals surface area contributed by atoms with Crippen molar-refractivity contribution in [1.29, 1.82) is 0 Å². The summed E-state index contributed by atoms with van der Waals surface area (Å²) in [6.07, 6.45) is -0.513. The molecule has 8 heteroatoms. The number of aromatic hydroxyl groups is 1. The summed E-state index contributed by atoms with van der Waals surface area (Å²) in [6, 6.07) is 9.50. The number of benzene rings is 2. The number of aliphatic hydroxyl groups excluding tert-OH is 1. The number of phenols is 1. The van der Waals surface area contributed by atoms with Gasteiger partial charge in [-0.25, -0.2) is 4.79 Å². The molecule has 0 radical (unpaired) electrons. The first-order chi connectivity index (χ1) is 11.2. The molecule has 1 unspecified atom stereocenters. The highest BCUT2D eigenvalue weighted by Crippen LogP contribution is 2.36. The van der Waals surface area contributed by atoms with E-state index in [2.05, 4.69) is 0 Å². The van der Waals surface area contributed by atoms with Crippen molar-refractivity contribution in [1.82, 2.24) is 0 Å². The summed E-state index contributed by atoms with van der Waals surface area (Å²) in [4.78, 5) is 29.1. The van der Waals surface area contributed by atoms with Crippen LogP contribution in [0.4, 0.5) is 0 Å². The SMILES string of the molecule is O=C(O)c1ccc(CCC(O)c2cc(P(=O)(O)O)ccc2O)cc1. The summed E-state index contributed by atoms with van der Waals surface area (Å²) < 4.78 is 11.3. The van der Waals surface area contributed by atoms with Crippen LogP contribution in [-0.2, 0) is 11.0 Å². The molecule has 0 aromatic heterocycles. The predicted molar refractivity (Wildman–Crippen MR) is 86.5 cm³/mol. The van der Waals surface area contributed by atoms with Crippen LogP contribution in [0.25, 0.3) is 0 Å². The zero-order valence-electron chi connectivity index (χ0n) is 12.5. The van der Waals surface area contributed by atoms with E-state index in [1.165, 1.54) is 12.1 Å². The highest BCUT2D eigenvalue weighted by atomic mass is 31.2. The maximum absolute atomic E-state index is 11.3. The van der Waals surface area contributed by atoms with E-state index in [1.807, 2.05) is 0 Å². The second-order valence-electron chi connectivity index (χ2n) is 5.34. The van der Waals surface area contributed by atoms with Crippen LogP contribution in [0.2, 0.25) is 0 Å². The molecule has 0 saturated heterocycles. The highest BCUT2D eigenvalue weighted by Gasteiger charge is 2.21. The normalized spacial score (nSPS) is 12.8. The molecule has 0 bridgehead atoms. The van der Waals surface area contributed by atoms with Gasteiger partial charge in [0.2, 0.25) is 0 Å². The van der Waals surface area contributed by atoms with Crippen molar-refractivity contribution in [3.05, 3.63) is 59.2 Å². The minimum Gasteiger partial charge on any atom is -0.508 e. The van der Waals surface area contributed by atoms with Crippen molar-refractivity contribution < 1.29 is 34.5 Å². The lowest BCUT2D eigenvalue weighted by molar-refractivity contribution is 0.0696. The third kappa shape index (κ3) is 4.43. The van der Waals surface area contributed by atoms with Gasteiger partial charge in [0.1, 0.15) is 5.75 Å². The predicted octanol–water partition coefficient (Wildman–Crippen LogP) is 1.56. The molecule has 2 aromatic rings. The summed E-state index contributed by atoms with van der Waals surface area (Å²) in [7, 11) is -4.47. The maximum Gasteiger partial charge on any atom is 0.356 e. The number of carboxylic acids is 1. The van der Waals surface area contributed by atoms with Gasteiger partial charge in [-0.15, -0.1) is 0 Å². The molecule has 7 nitrogen and oxygen atoms in total. The number of aliphatic hydroxyl groups is 1. The molecule has 0 aliphatic carbocycles. The zero-order chi connectivity index (χ0) is 17.9. The van der Waals surface area contributed by atoms with Gasteiger partial charge in [0.05, 0.1) is 17.0 Å². The fraction of sp³-hybridized carbons (Fsp3) is 0.188. The van der Waals surface area contributed by atoms with Crippen molar-refractivity contribution >= 4 is 18.9 Å². The number of carboxylic acid groups (broad SMARTS) is 1. The van der Waals surface area contributed by atoms with Crippen LogP contribution in [0.1, 0.15) is 34.0 Å². The van der Waals surface area contributed by atoms with Crippen LogP contribution in [0.5, 0.6) is 5.75 Å². The van der Waals surface area contributed by atoms with E-state index in [4.69, 9.17) is 14.9 Å². The monoisotopic (exact) mass is 352 g/mol.